The van der Waals surface area contributed by atoms with Gasteiger partial charge in [0.05, 0.1) is 0 Å². The standard InChI is InChI=1S/C9H9F3O2Se/c1-13-6-3-4-8(7(5-6)14-2)15-9(10,11)12/h3-5H,1-2H3. The molecule has 0 saturated heterocycles. The number of hydrogen-bond donors (Lipinski definition) is 0. The van der Waals surface area contributed by atoms with Crippen LogP contribution in [0, 0.1) is 0 Å². The van der Waals surface area contributed by atoms with Crippen LogP contribution in [0.4, 0.5) is 13.2 Å². The SMILES string of the molecule is COc1ccc([Se]C(F)(F)F)c(OC)c1. The molecule has 0 spiro atoms. The summed E-state index contributed by atoms with van der Waals surface area (Å²) in [5.74, 6) is 0.695. The topological polar surface area (TPSA) is 18.5 Å². The van der Waals surface area contributed by atoms with Crippen LogP contribution in [-0.2, 0) is 0 Å². The quantitative estimate of drug-likeness (QED) is 0.785. The van der Waals surface area contributed by atoms with Crippen LogP contribution in [0.1, 0.15) is 0 Å². The van der Waals surface area contributed by atoms with Gasteiger partial charge in [-0.25, -0.2) is 0 Å². The molecule has 0 aliphatic carbocycles. The van der Waals surface area contributed by atoms with Crippen LogP contribution < -0.4 is 13.9 Å². The van der Waals surface area contributed by atoms with Crippen molar-refractivity contribution < 1.29 is 22.6 Å². The zero-order chi connectivity index (χ0) is 11.5. The predicted octanol–water partition coefficient (Wildman–Crippen LogP) is 1.55. The van der Waals surface area contributed by atoms with Crippen LogP contribution in [0.15, 0.2) is 18.2 Å². The Morgan fingerprint density at radius 1 is 1.13 bits per heavy atom. The van der Waals surface area contributed by atoms with Gasteiger partial charge in [-0.1, -0.05) is 0 Å². The first kappa shape index (κ1) is 12.2. The van der Waals surface area contributed by atoms with Crippen molar-refractivity contribution in [2.24, 2.45) is 0 Å². The second-order valence-corrected chi connectivity index (χ2v) is 4.89. The molecule has 1 aromatic rings. The molecule has 6 heteroatoms. The molecule has 0 bridgehead atoms. The van der Waals surface area contributed by atoms with Crippen LogP contribution in [0.2, 0.25) is 0 Å². The predicted molar refractivity (Wildman–Crippen MR) is 51.0 cm³/mol. The van der Waals surface area contributed by atoms with Gasteiger partial charge in [-0.05, 0) is 0 Å². The van der Waals surface area contributed by atoms with E-state index in [2.05, 4.69) is 0 Å². The Morgan fingerprint density at radius 2 is 1.80 bits per heavy atom. The number of hydrogen-bond acceptors (Lipinski definition) is 2. The van der Waals surface area contributed by atoms with Crippen LogP contribution in [0.3, 0.4) is 0 Å². The Balaban J connectivity index is 2.97. The van der Waals surface area contributed by atoms with Gasteiger partial charge in [0, 0.05) is 0 Å². The van der Waals surface area contributed by atoms with Gasteiger partial charge in [0.1, 0.15) is 0 Å². The van der Waals surface area contributed by atoms with E-state index in [4.69, 9.17) is 9.47 Å². The van der Waals surface area contributed by atoms with E-state index in [1.165, 1.54) is 32.4 Å². The first-order valence-corrected chi connectivity index (χ1v) is 5.65. The van der Waals surface area contributed by atoms with E-state index in [9.17, 15) is 13.2 Å². The summed E-state index contributed by atoms with van der Waals surface area (Å²) in [6.07, 6.45) is 0. The molecule has 2 nitrogen and oxygen atoms in total. The molecule has 1 rings (SSSR count). The molecule has 0 heterocycles. The van der Waals surface area contributed by atoms with Gasteiger partial charge in [-0.2, -0.15) is 0 Å². The van der Waals surface area contributed by atoms with Crippen molar-refractivity contribution >= 4 is 19.4 Å². The van der Waals surface area contributed by atoms with E-state index < -0.39 is 20.0 Å². The summed E-state index contributed by atoms with van der Waals surface area (Å²) >= 11 is -1.59. The van der Waals surface area contributed by atoms with Crippen molar-refractivity contribution in [3.8, 4) is 11.5 Å². The van der Waals surface area contributed by atoms with Crippen molar-refractivity contribution in [3.63, 3.8) is 0 Å². The third-order valence-electron chi connectivity index (χ3n) is 1.60. The van der Waals surface area contributed by atoms with Crippen molar-refractivity contribution in [2.75, 3.05) is 14.2 Å². The number of halogens is 3. The molecule has 0 aliphatic heterocycles. The summed E-state index contributed by atoms with van der Waals surface area (Å²) in [5, 5.41) is -4.17. The molecule has 0 saturated carbocycles. The monoisotopic (exact) mass is 286 g/mol. The molecular weight excluding hydrogens is 276 g/mol. The summed E-state index contributed by atoms with van der Waals surface area (Å²) in [4.78, 5) is 0. The average molecular weight is 285 g/mol. The van der Waals surface area contributed by atoms with Crippen molar-refractivity contribution in [1.82, 2.24) is 0 Å². The molecule has 0 unspecified atom stereocenters. The first-order valence-electron chi connectivity index (χ1n) is 3.94. The normalized spacial score (nSPS) is 11.3. The molecule has 0 amide bonds. The fourth-order valence-electron chi connectivity index (χ4n) is 0.984. The van der Waals surface area contributed by atoms with Gasteiger partial charge < -0.3 is 0 Å². The summed E-state index contributed by atoms with van der Waals surface area (Å²) in [6.45, 7) is 0. The molecule has 0 radical (unpaired) electrons. The summed E-state index contributed by atoms with van der Waals surface area (Å²) in [5.41, 5.74) is 0. The Labute approximate surface area is 91.5 Å². The maximum absolute atomic E-state index is 12.2. The maximum atomic E-state index is 12.2. The van der Waals surface area contributed by atoms with Gasteiger partial charge in [0.15, 0.2) is 0 Å². The number of ether oxygens (including phenoxy) is 2. The van der Waals surface area contributed by atoms with Gasteiger partial charge in [0.2, 0.25) is 0 Å². The van der Waals surface area contributed by atoms with Gasteiger partial charge >= 0.3 is 91.1 Å². The number of alkyl halides is 3. The molecule has 0 aromatic heterocycles. The molecule has 0 aliphatic rings. The van der Waals surface area contributed by atoms with Crippen LogP contribution >= 0.6 is 0 Å². The summed E-state index contributed by atoms with van der Waals surface area (Å²) in [6, 6.07) is 4.32. The minimum absolute atomic E-state index is 0.165. The molecule has 15 heavy (non-hydrogen) atoms. The van der Waals surface area contributed by atoms with Gasteiger partial charge in [-0.15, -0.1) is 0 Å². The third kappa shape index (κ3) is 3.64. The Morgan fingerprint density at radius 3 is 2.27 bits per heavy atom. The molecule has 84 valence electrons. The number of benzene rings is 1. The second-order valence-electron chi connectivity index (χ2n) is 2.56. The molecule has 0 N–H and O–H groups in total. The molecule has 1 aromatic carbocycles. The van der Waals surface area contributed by atoms with Crippen LogP contribution in [0.5, 0.6) is 11.5 Å². The van der Waals surface area contributed by atoms with Gasteiger partial charge in [0.25, 0.3) is 0 Å². The fourth-order valence-corrected chi connectivity index (χ4v) is 2.30. The molecule has 0 atom stereocenters. The first-order chi connectivity index (χ1) is 6.96. The third-order valence-corrected chi connectivity index (χ3v) is 3.25. The Hall–Kier alpha value is -0.871. The minimum atomic E-state index is -4.17. The van der Waals surface area contributed by atoms with E-state index in [-0.39, 0.29) is 10.2 Å². The Kier molecular flexibility index (Phi) is 3.88. The molecular formula is C9H9F3O2Se. The van der Waals surface area contributed by atoms with Crippen molar-refractivity contribution in [3.05, 3.63) is 18.2 Å². The van der Waals surface area contributed by atoms with Crippen molar-refractivity contribution in [2.45, 2.75) is 5.07 Å². The number of methoxy groups -OCH3 is 2. The summed E-state index contributed by atoms with van der Waals surface area (Å²) < 4.78 is 46.5. The van der Waals surface area contributed by atoms with Crippen LogP contribution in [0.25, 0.3) is 0 Å². The van der Waals surface area contributed by atoms with E-state index in [1.807, 2.05) is 0 Å². The van der Waals surface area contributed by atoms with E-state index in [1.54, 1.807) is 0 Å². The fraction of sp³-hybridized carbons (Fsp3) is 0.333. The summed E-state index contributed by atoms with van der Waals surface area (Å²) in [7, 11) is 2.79. The zero-order valence-electron chi connectivity index (χ0n) is 8.09. The zero-order valence-corrected chi connectivity index (χ0v) is 9.80. The molecule has 0 fully saturated rings. The second kappa shape index (κ2) is 4.77. The Bertz CT molecular complexity index is 339. The van der Waals surface area contributed by atoms with Gasteiger partial charge in [-0.3, -0.25) is 0 Å². The van der Waals surface area contributed by atoms with Crippen LogP contribution in [-0.4, -0.2) is 34.3 Å². The number of rotatable bonds is 3. The average Bonchev–Trinajstić information content (AvgIpc) is 2.16. The van der Waals surface area contributed by atoms with Crippen molar-refractivity contribution in [1.29, 1.82) is 0 Å². The van der Waals surface area contributed by atoms with E-state index in [0.29, 0.717) is 5.75 Å². The van der Waals surface area contributed by atoms with E-state index in [0.717, 1.165) is 0 Å². The van der Waals surface area contributed by atoms with E-state index >= 15 is 0 Å².